The molecule has 1 aliphatic rings. The van der Waals surface area contributed by atoms with E-state index in [2.05, 4.69) is 15.3 Å². The summed E-state index contributed by atoms with van der Waals surface area (Å²) in [5, 5.41) is 3.78. The van der Waals surface area contributed by atoms with Gasteiger partial charge in [0.15, 0.2) is 0 Å². The molecule has 0 amide bonds. The molecule has 5 nitrogen and oxygen atoms in total. The van der Waals surface area contributed by atoms with Crippen LogP contribution in [0.4, 0.5) is 0 Å². The minimum absolute atomic E-state index is 0.270. The monoisotopic (exact) mass is 198 g/mol. The van der Waals surface area contributed by atoms with Gasteiger partial charge in [0, 0.05) is 19.4 Å². The zero-order valence-electron chi connectivity index (χ0n) is 8.21. The van der Waals surface area contributed by atoms with Crippen LogP contribution >= 0.6 is 0 Å². The summed E-state index contributed by atoms with van der Waals surface area (Å²) >= 11 is 0. The highest BCUT2D eigenvalue weighted by Crippen LogP contribution is 2.01. The molecule has 0 saturated heterocycles. The van der Waals surface area contributed by atoms with Crippen molar-refractivity contribution >= 4 is 17.7 Å². The van der Waals surface area contributed by atoms with Gasteiger partial charge >= 0.3 is 11.9 Å². The van der Waals surface area contributed by atoms with E-state index in [1.54, 1.807) is 0 Å². The van der Waals surface area contributed by atoms with Crippen LogP contribution in [0, 0.1) is 0 Å². The molecule has 78 valence electrons. The molecule has 0 radical (unpaired) electrons. The lowest BCUT2D eigenvalue weighted by Crippen LogP contribution is -2.28. The minimum Gasteiger partial charge on any atom is -0.388 e. The number of carbonyl (C=O) groups excluding carboxylic acids is 2. The minimum atomic E-state index is -0.615. The number of rotatable bonds is 3. The third-order valence-corrected chi connectivity index (χ3v) is 1.81. The largest absolute Gasteiger partial charge is 0.388 e. The summed E-state index contributed by atoms with van der Waals surface area (Å²) in [6, 6.07) is 0. The summed E-state index contributed by atoms with van der Waals surface area (Å²) in [4.78, 5) is 22.2. The van der Waals surface area contributed by atoms with Gasteiger partial charge in [0.2, 0.25) is 0 Å². The van der Waals surface area contributed by atoms with E-state index in [4.69, 9.17) is 0 Å². The third kappa shape index (κ3) is 3.16. The van der Waals surface area contributed by atoms with Crippen molar-refractivity contribution in [2.24, 2.45) is 5.10 Å². The Morgan fingerprint density at radius 1 is 1.57 bits per heavy atom. The molecule has 0 atom stereocenters. The van der Waals surface area contributed by atoms with Crippen molar-refractivity contribution in [2.75, 3.05) is 6.54 Å². The number of esters is 2. The maximum absolute atomic E-state index is 11.3. The lowest BCUT2D eigenvalue weighted by molar-refractivity contribution is -0.155. The quantitative estimate of drug-likeness (QED) is 0.532. The van der Waals surface area contributed by atoms with Gasteiger partial charge < -0.3 is 10.2 Å². The predicted octanol–water partition coefficient (Wildman–Crippen LogP) is 0.596. The molecule has 0 fully saturated rings. The van der Waals surface area contributed by atoms with E-state index in [0.717, 1.165) is 13.0 Å². The second kappa shape index (κ2) is 5.36. The smallest absolute Gasteiger partial charge is 0.362 e. The molecule has 1 heterocycles. The maximum atomic E-state index is 11.3. The first-order valence-corrected chi connectivity index (χ1v) is 4.78. The summed E-state index contributed by atoms with van der Waals surface area (Å²) in [5.74, 6) is -1.10. The molecule has 14 heavy (non-hydrogen) atoms. The number of hydrogen-bond donors (Lipinski definition) is 1. The first kappa shape index (κ1) is 10.7. The molecule has 5 heteroatoms. The van der Waals surface area contributed by atoms with Crippen LogP contribution in [-0.2, 0) is 14.3 Å². The van der Waals surface area contributed by atoms with E-state index in [1.165, 1.54) is 0 Å². The Kier molecular flexibility index (Phi) is 4.10. The van der Waals surface area contributed by atoms with Crippen LogP contribution in [0.1, 0.15) is 32.6 Å². The van der Waals surface area contributed by atoms with Crippen molar-refractivity contribution in [3.63, 3.8) is 0 Å². The van der Waals surface area contributed by atoms with Crippen LogP contribution in [0.2, 0.25) is 0 Å². The number of carbonyl (C=O) groups is 2. The lowest BCUT2D eigenvalue weighted by Gasteiger charge is -2.10. The van der Waals surface area contributed by atoms with Crippen molar-refractivity contribution in [3.05, 3.63) is 0 Å². The molecule has 0 unspecified atom stereocenters. The van der Waals surface area contributed by atoms with E-state index >= 15 is 0 Å². The zero-order valence-corrected chi connectivity index (χ0v) is 8.21. The van der Waals surface area contributed by atoms with Crippen LogP contribution in [0.15, 0.2) is 5.10 Å². The van der Waals surface area contributed by atoms with Gasteiger partial charge in [0.1, 0.15) is 5.71 Å². The Balaban J connectivity index is 2.41. The molecule has 0 bridgehead atoms. The first-order valence-electron chi connectivity index (χ1n) is 4.78. The highest BCUT2D eigenvalue weighted by Gasteiger charge is 2.18. The van der Waals surface area contributed by atoms with Crippen molar-refractivity contribution in [1.29, 1.82) is 0 Å². The molecule has 0 spiro atoms. The molecule has 1 aliphatic heterocycles. The van der Waals surface area contributed by atoms with Crippen molar-refractivity contribution in [2.45, 2.75) is 32.6 Å². The fourth-order valence-corrected chi connectivity index (χ4v) is 1.11. The Hall–Kier alpha value is -1.39. The van der Waals surface area contributed by atoms with Crippen LogP contribution in [0.3, 0.4) is 0 Å². The fourth-order valence-electron chi connectivity index (χ4n) is 1.11. The number of nitrogens with zero attached hydrogens (tertiary/aromatic N) is 1. The molecule has 1 N–H and O–H groups in total. The molecular weight excluding hydrogens is 184 g/mol. The fraction of sp³-hybridized carbons (Fsp3) is 0.667. The maximum Gasteiger partial charge on any atom is 0.362 e. The number of hydrazone groups is 1. The average molecular weight is 198 g/mol. The summed E-state index contributed by atoms with van der Waals surface area (Å²) < 4.78 is 4.58. The highest BCUT2D eigenvalue weighted by molar-refractivity contribution is 6.37. The Morgan fingerprint density at radius 3 is 2.93 bits per heavy atom. The topological polar surface area (TPSA) is 67.8 Å². The van der Waals surface area contributed by atoms with Gasteiger partial charge in [-0.15, -0.1) is 0 Å². The second-order valence-corrected chi connectivity index (χ2v) is 3.08. The van der Waals surface area contributed by atoms with Gasteiger partial charge in [0.05, 0.1) is 0 Å². The van der Waals surface area contributed by atoms with E-state index in [1.807, 2.05) is 6.92 Å². The molecule has 0 aliphatic carbocycles. The van der Waals surface area contributed by atoms with Crippen molar-refractivity contribution in [1.82, 2.24) is 5.43 Å². The first-order chi connectivity index (χ1) is 6.74. The summed E-state index contributed by atoms with van der Waals surface area (Å²) in [5.41, 5.74) is 3.00. The van der Waals surface area contributed by atoms with Crippen LogP contribution in [0.5, 0.6) is 0 Å². The van der Waals surface area contributed by atoms with Crippen LogP contribution in [-0.4, -0.2) is 24.2 Å². The summed E-state index contributed by atoms with van der Waals surface area (Å²) in [7, 11) is 0. The molecule has 0 saturated carbocycles. The summed E-state index contributed by atoms with van der Waals surface area (Å²) in [6.45, 7) is 2.62. The molecule has 0 aromatic carbocycles. The number of hydrogen-bond acceptors (Lipinski definition) is 5. The molecular formula is C9H14N2O3. The van der Waals surface area contributed by atoms with E-state index < -0.39 is 11.9 Å². The standard InChI is InChI=1S/C9H14N2O3/c1-2-4-8(12)14-9(13)7-5-3-6-10-11-7/h10H,2-6H2,1H3. The second-order valence-electron chi connectivity index (χ2n) is 3.08. The third-order valence-electron chi connectivity index (χ3n) is 1.81. The van der Waals surface area contributed by atoms with Crippen LogP contribution < -0.4 is 5.43 Å². The Labute approximate surface area is 82.5 Å². The van der Waals surface area contributed by atoms with Crippen LogP contribution in [0.25, 0.3) is 0 Å². The van der Waals surface area contributed by atoms with Crippen molar-refractivity contribution < 1.29 is 14.3 Å². The Morgan fingerprint density at radius 2 is 2.36 bits per heavy atom. The predicted molar refractivity (Wildman–Crippen MR) is 50.7 cm³/mol. The van der Waals surface area contributed by atoms with E-state index in [0.29, 0.717) is 18.6 Å². The average Bonchev–Trinajstić information content (AvgIpc) is 2.19. The van der Waals surface area contributed by atoms with Gasteiger partial charge in [-0.1, -0.05) is 6.92 Å². The number of ether oxygens (including phenoxy) is 1. The van der Waals surface area contributed by atoms with Gasteiger partial charge in [-0.2, -0.15) is 5.10 Å². The number of nitrogens with one attached hydrogen (secondary N) is 1. The zero-order chi connectivity index (χ0) is 10.4. The Bertz CT molecular complexity index is 261. The van der Waals surface area contributed by atoms with Gasteiger partial charge in [-0.3, -0.25) is 4.79 Å². The normalized spacial score (nSPS) is 15.4. The molecule has 1 rings (SSSR count). The van der Waals surface area contributed by atoms with Gasteiger partial charge in [-0.05, 0) is 12.8 Å². The SMILES string of the molecule is CCCC(=O)OC(=O)C1=NNCCC1. The lowest BCUT2D eigenvalue weighted by atomic mass is 10.2. The summed E-state index contributed by atoms with van der Waals surface area (Å²) in [6.07, 6.45) is 2.37. The molecule has 0 aromatic heterocycles. The van der Waals surface area contributed by atoms with E-state index in [-0.39, 0.29) is 6.42 Å². The van der Waals surface area contributed by atoms with Gasteiger partial charge in [0.25, 0.3) is 0 Å². The molecule has 0 aromatic rings. The van der Waals surface area contributed by atoms with Crippen molar-refractivity contribution in [3.8, 4) is 0 Å². The van der Waals surface area contributed by atoms with E-state index in [9.17, 15) is 9.59 Å². The highest BCUT2D eigenvalue weighted by atomic mass is 16.6. The van der Waals surface area contributed by atoms with Gasteiger partial charge in [-0.25, -0.2) is 4.79 Å².